The van der Waals surface area contributed by atoms with E-state index in [1.165, 1.54) is 0 Å². The third kappa shape index (κ3) is 6.28. The largest absolute Gasteiger partial charge is 0.383 e. The van der Waals surface area contributed by atoms with Crippen LogP contribution in [0.4, 0.5) is 11.5 Å². The smallest absolute Gasteiger partial charge is 0.251 e. The second-order valence-corrected chi connectivity index (χ2v) is 9.67. The number of aliphatic imine (C=N–C) groups is 1. The highest BCUT2D eigenvalue weighted by Gasteiger charge is 2.32. The number of nitrogens with zero attached hydrogens (tertiary/aromatic N) is 5. The first-order valence-electron chi connectivity index (χ1n) is 12.4. The number of dihydropyridines is 1. The van der Waals surface area contributed by atoms with Crippen molar-refractivity contribution >= 4 is 23.6 Å². The summed E-state index contributed by atoms with van der Waals surface area (Å²) in [5, 5.41) is 15.7. The predicted molar refractivity (Wildman–Crippen MR) is 149 cm³/mol. The van der Waals surface area contributed by atoms with E-state index in [0.29, 0.717) is 42.2 Å². The van der Waals surface area contributed by atoms with E-state index in [0.717, 1.165) is 22.5 Å². The summed E-state index contributed by atoms with van der Waals surface area (Å²) in [4.78, 5) is 31.1. The Morgan fingerprint density at radius 1 is 1.21 bits per heavy atom. The average Bonchev–Trinajstić information content (AvgIpc) is 2.94. The standard InChI is InChI=1S/C29H31N7O2/c1-19-5-6-22(35-28(37)21-8-9-32-26(13-21)29(2,3)18-30)15-23(19)25-17-31-16-24(36-25)20-7-10-33-27(14-20)34-11-12-38-4/h5-10,14-17,26H,11-13H2,1-4H3,(H,33,34)(H,35,37). The number of carbonyl (C=O) groups is 1. The van der Waals surface area contributed by atoms with Crippen LogP contribution in [0.5, 0.6) is 0 Å². The molecule has 38 heavy (non-hydrogen) atoms. The Labute approximate surface area is 222 Å². The van der Waals surface area contributed by atoms with Crippen LogP contribution >= 0.6 is 0 Å². The normalized spacial score (nSPS) is 14.9. The third-order valence-electron chi connectivity index (χ3n) is 6.44. The molecule has 0 bridgehead atoms. The number of methoxy groups -OCH3 is 1. The lowest BCUT2D eigenvalue weighted by Gasteiger charge is -2.27. The third-order valence-corrected chi connectivity index (χ3v) is 6.44. The first-order chi connectivity index (χ1) is 18.3. The van der Waals surface area contributed by atoms with E-state index < -0.39 is 5.41 Å². The maximum atomic E-state index is 13.1. The number of rotatable bonds is 9. The molecule has 1 aliphatic rings. The second-order valence-electron chi connectivity index (χ2n) is 9.67. The van der Waals surface area contributed by atoms with Gasteiger partial charge >= 0.3 is 0 Å². The number of aryl methyl sites for hydroxylation is 1. The van der Waals surface area contributed by atoms with Crippen LogP contribution < -0.4 is 10.6 Å². The summed E-state index contributed by atoms with van der Waals surface area (Å²) in [6.45, 7) is 6.89. The molecule has 0 fully saturated rings. The van der Waals surface area contributed by atoms with Crippen LogP contribution in [0.2, 0.25) is 0 Å². The Kier molecular flexibility index (Phi) is 8.24. The van der Waals surface area contributed by atoms with Crippen LogP contribution in [0.1, 0.15) is 25.8 Å². The first-order valence-corrected chi connectivity index (χ1v) is 12.4. The maximum absolute atomic E-state index is 13.1. The molecular formula is C29H31N7O2. The van der Waals surface area contributed by atoms with Crippen LogP contribution in [0, 0.1) is 23.7 Å². The number of nitriles is 1. The number of hydrogen-bond donors (Lipinski definition) is 2. The van der Waals surface area contributed by atoms with E-state index in [2.05, 4.69) is 31.7 Å². The second kappa shape index (κ2) is 11.8. The highest BCUT2D eigenvalue weighted by atomic mass is 16.5. The molecule has 3 aromatic rings. The van der Waals surface area contributed by atoms with Gasteiger partial charge in [-0.05, 0) is 56.7 Å². The average molecular weight is 510 g/mol. The summed E-state index contributed by atoms with van der Waals surface area (Å²) in [5.41, 5.74) is 4.75. The topological polar surface area (TPSA) is 125 Å². The van der Waals surface area contributed by atoms with Gasteiger partial charge in [0, 0.05) is 54.9 Å². The van der Waals surface area contributed by atoms with Crippen molar-refractivity contribution in [1.82, 2.24) is 15.0 Å². The number of aromatic nitrogens is 3. The molecule has 1 aliphatic heterocycles. The van der Waals surface area contributed by atoms with Gasteiger partial charge in [0.1, 0.15) is 5.82 Å². The molecule has 194 valence electrons. The number of pyridine rings is 1. The molecule has 0 radical (unpaired) electrons. The van der Waals surface area contributed by atoms with E-state index in [4.69, 9.17) is 9.72 Å². The van der Waals surface area contributed by atoms with Crippen molar-refractivity contribution in [2.45, 2.75) is 33.2 Å². The van der Waals surface area contributed by atoms with Gasteiger partial charge in [0.2, 0.25) is 0 Å². The molecule has 1 atom stereocenters. The van der Waals surface area contributed by atoms with E-state index in [1.807, 2.05) is 51.1 Å². The van der Waals surface area contributed by atoms with Crippen molar-refractivity contribution in [3.63, 3.8) is 0 Å². The number of allylic oxidation sites excluding steroid dienone is 1. The number of amides is 1. The van der Waals surface area contributed by atoms with E-state index >= 15 is 0 Å². The minimum atomic E-state index is -0.660. The molecule has 0 saturated heterocycles. The molecule has 2 aromatic heterocycles. The van der Waals surface area contributed by atoms with Gasteiger partial charge in [-0.25, -0.2) is 9.97 Å². The lowest BCUT2D eigenvalue weighted by molar-refractivity contribution is -0.113. The Morgan fingerprint density at radius 3 is 2.82 bits per heavy atom. The monoisotopic (exact) mass is 509 g/mol. The molecule has 1 unspecified atom stereocenters. The van der Waals surface area contributed by atoms with Crippen LogP contribution in [-0.2, 0) is 9.53 Å². The summed E-state index contributed by atoms with van der Waals surface area (Å²) in [6, 6.07) is 11.5. The van der Waals surface area contributed by atoms with Crippen LogP contribution in [0.25, 0.3) is 22.5 Å². The van der Waals surface area contributed by atoms with Crippen LogP contribution in [0.15, 0.2) is 65.6 Å². The van der Waals surface area contributed by atoms with E-state index in [9.17, 15) is 10.1 Å². The zero-order valence-electron chi connectivity index (χ0n) is 22.0. The minimum Gasteiger partial charge on any atom is -0.383 e. The van der Waals surface area contributed by atoms with Gasteiger partial charge in [-0.15, -0.1) is 0 Å². The fourth-order valence-electron chi connectivity index (χ4n) is 4.04. The quantitative estimate of drug-likeness (QED) is 0.396. The van der Waals surface area contributed by atoms with Gasteiger partial charge in [0.25, 0.3) is 5.91 Å². The van der Waals surface area contributed by atoms with Crippen molar-refractivity contribution < 1.29 is 9.53 Å². The molecule has 0 aliphatic carbocycles. The molecule has 9 heteroatoms. The molecule has 0 saturated carbocycles. The highest BCUT2D eigenvalue weighted by Crippen LogP contribution is 2.31. The van der Waals surface area contributed by atoms with Crippen molar-refractivity contribution in [2.75, 3.05) is 30.9 Å². The molecule has 3 heterocycles. The zero-order chi connectivity index (χ0) is 27.1. The number of nitrogens with one attached hydrogen (secondary N) is 2. The maximum Gasteiger partial charge on any atom is 0.251 e. The van der Waals surface area contributed by atoms with Crippen molar-refractivity contribution in [3.05, 3.63) is 66.1 Å². The fourth-order valence-corrected chi connectivity index (χ4v) is 4.04. The van der Waals surface area contributed by atoms with E-state index in [1.54, 1.807) is 38.0 Å². The number of ether oxygens (including phenoxy) is 1. The minimum absolute atomic E-state index is 0.213. The molecule has 9 nitrogen and oxygen atoms in total. The summed E-state index contributed by atoms with van der Waals surface area (Å²) < 4.78 is 5.09. The number of anilines is 2. The number of carbonyl (C=O) groups excluding carboxylic acids is 1. The Hall–Kier alpha value is -4.42. The summed E-state index contributed by atoms with van der Waals surface area (Å²) in [6.07, 6.45) is 8.88. The van der Waals surface area contributed by atoms with Gasteiger partial charge in [-0.1, -0.05) is 6.07 Å². The summed E-state index contributed by atoms with van der Waals surface area (Å²) in [5.74, 6) is 0.518. The van der Waals surface area contributed by atoms with Gasteiger partial charge in [0.15, 0.2) is 0 Å². The fraction of sp³-hybridized carbons (Fsp3) is 0.310. The molecule has 4 rings (SSSR count). The van der Waals surface area contributed by atoms with Crippen LogP contribution in [0.3, 0.4) is 0 Å². The van der Waals surface area contributed by atoms with Gasteiger partial charge in [-0.2, -0.15) is 5.26 Å². The molecule has 1 aromatic carbocycles. The molecule has 0 spiro atoms. The van der Waals surface area contributed by atoms with Crippen molar-refractivity contribution in [1.29, 1.82) is 5.26 Å². The van der Waals surface area contributed by atoms with Gasteiger partial charge in [-0.3, -0.25) is 14.8 Å². The lowest BCUT2D eigenvalue weighted by atomic mass is 9.81. The molecular weight excluding hydrogens is 478 g/mol. The highest BCUT2D eigenvalue weighted by molar-refractivity contribution is 6.06. The Balaban J connectivity index is 1.54. The summed E-state index contributed by atoms with van der Waals surface area (Å²) in [7, 11) is 1.66. The summed E-state index contributed by atoms with van der Waals surface area (Å²) >= 11 is 0. The number of hydrogen-bond acceptors (Lipinski definition) is 8. The van der Waals surface area contributed by atoms with Crippen LogP contribution in [-0.4, -0.2) is 53.4 Å². The SMILES string of the molecule is COCCNc1cc(-c2cncc(-c3cc(NC(=O)C4=CC=NC(C(C)(C)C#N)C4)ccc3C)n2)ccn1. The molecule has 1 amide bonds. The van der Waals surface area contributed by atoms with Gasteiger partial charge in [0.05, 0.1) is 47.9 Å². The van der Waals surface area contributed by atoms with Crippen molar-refractivity contribution in [2.24, 2.45) is 10.4 Å². The predicted octanol–water partition coefficient (Wildman–Crippen LogP) is 4.83. The van der Waals surface area contributed by atoms with Crippen molar-refractivity contribution in [3.8, 4) is 28.6 Å². The van der Waals surface area contributed by atoms with Gasteiger partial charge < -0.3 is 15.4 Å². The molecule has 2 N–H and O–H groups in total. The Bertz CT molecular complexity index is 1420. The lowest BCUT2D eigenvalue weighted by Crippen LogP contribution is -2.30. The zero-order valence-corrected chi connectivity index (χ0v) is 22.0. The van der Waals surface area contributed by atoms with E-state index in [-0.39, 0.29) is 11.9 Å². The Morgan fingerprint density at radius 2 is 2.03 bits per heavy atom. The first kappa shape index (κ1) is 26.6. The number of benzene rings is 1.